The van der Waals surface area contributed by atoms with Gasteiger partial charge in [0.2, 0.25) is 0 Å². The molecule has 3 nitrogen and oxygen atoms in total. The van der Waals surface area contributed by atoms with Crippen LogP contribution in [0.2, 0.25) is 0 Å². The summed E-state index contributed by atoms with van der Waals surface area (Å²) >= 11 is 0. The van der Waals surface area contributed by atoms with Crippen LogP contribution >= 0.6 is 0 Å². The van der Waals surface area contributed by atoms with Crippen LogP contribution < -0.4 is 5.32 Å². The summed E-state index contributed by atoms with van der Waals surface area (Å²) < 4.78 is 5.15. The fourth-order valence-corrected chi connectivity index (χ4v) is 1.74. The number of epoxide rings is 1. The third kappa shape index (κ3) is 4.75. The van der Waals surface area contributed by atoms with Gasteiger partial charge in [-0.15, -0.1) is 0 Å². The van der Waals surface area contributed by atoms with Gasteiger partial charge < -0.3 is 10.1 Å². The average Bonchev–Trinajstić information content (AvgIpc) is 3.17. The summed E-state index contributed by atoms with van der Waals surface area (Å²) in [5, 5.41) is 3.33. The summed E-state index contributed by atoms with van der Waals surface area (Å²) in [7, 11) is 0. The van der Waals surface area contributed by atoms with Gasteiger partial charge in [-0.05, 0) is 0 Å². The fraction of sp³-hybridized carbons (Fsp3) is 0.538. The monoisotopic (exact) mass is 220 g/mol. The van der Waals surface area contributed by atoms with E-state index in [1.54, 1.807) is 0 Å². The molecular formula is C13H20N2O. The lowest BCUT2D eigenvalue weighted by Crippen LogP contribution is -2.44. The molecule has 1 atom stereocenters. The van der Waals surface area contributed by atoms with Crippen LogP contribution in [0.5, 0.6) is 0 Å². The lowest BCUT2D eigenvalue weighted by atomic mass is 10.3. The second-order valence-corrected chi connectivity index (χ2v) is 4.16. The van der Waals surface area contributed by atoms with Gasteiger partial charge in [0.25, 0.3) is 0 Å². The van der Waals surface area contributed by atoms with E-state index in [0.717, 1.165) is 26.2 Å². The Balaban J connectivity index is 0.000000138. The van der Waals surface area contributed by atoms with E-state index >= 15 is 0 Å². The fourth-order valence-electron chi connectivity index (χ4n) is 1.74. The summed E-state index contributed by atoms with van der Waals surface area (Å²) in [6.07, 6.45) is 0.568. The third-order valence-corrected chi connectivity index (χ3v) is 2.74. The van der Waals surface area contributed by atoms with Crippen LogP contribution in [0, 0.1) is 0 Å². The number of hydrogen-bond acceptors (Lipinski definition) is 3. The Morgan fingerprint density at radius 1 is 1.00 bits per heavy atom. The molecule has 0 aromatic heterocycles. The number of nitrogens with one attached hydrogen (secondary N) is 1. The van der Waals surface area contributed by atoms with E-state index in [1.807, 2.05) is 36.4 Å². The molecule has 3 rings (SSSR count). The second kappa shape index (κ2) is 6.63. The van der Waals surface area contributed by atoms with Gasteiger partial charge in [-0.3, -0.25) is 4.90 Å². The largest absolute Gasteiger partial charge is 0.372 e. The van der Waals surface area contributed by atoms with Gasteiger partial charge in [0, 0.05) is 32.7 Å². The zero-order valence-corrected chi connectivity index (χ0v) is 9.64. The molecule has 0 amide bonds. The topological polar surface area (TPSA) is 27.8 Å². The molecule has 0 radical (unpaired) electrons. The number of rotatable bonds is 2. The van der Waals surface area contributed by atoms with E-state index in [-0.39, 0.29) is 0 Å². The van der Waals surface area contributed by atoms with Crippen molar-refractivity contribution in [2.45, 2.75) is 6.10 Å². The van der Waals surface area contributed by atoms with E-state index in [9.17, 15) is 0 Å². The normalized spacial score (nSPS) is 24.4. The maximum absolute atomic E-state index is 5.15. The van der Waals surface area contributed by atoms with Gasteiger partial charge in [-0.25, -0.2) is 0 Å². The molecule has 0 saturated carbocycles. The van der Waals surface area contributed by atoms with E-state index in [4.69, 9.17) is 4.74 Å². The number of piperazine rings is 1. The smallest absolute Gasteiger partial charge is 0.0936 e. The lowest BCUT2D eigenvalue weighted by molar-refractivity contribution is 0.217. The maximum Gasteiger partial charge on any atom is 0.0936 e. The van der Waals surface area contributed by atoms with Gasteiger partial charge in [0.15, 0.2) is 0 Å². The van der Waals surface area contributed by atoms with Crippen LogP contribution in [0.1, 0.15) is 0 Å². The molecule has 0 bridgehead atoms. The molecule has 1 aromatic rings. The van der Waals surface area contributed by atoms with Crippen molar-refractivity contribution in [3.63, 3.8) is 0 Å². The minimum Gasteiger partial charge on any atom is -0.372 e. The maximum atomic E-state index is 5.15. The lowest BCUT2D eigenvalue weighted by Gasteiger charge is -2.26. The molecule has 3 heteroatoms. The molecule has 2 fully saturated rings. The third-order valence-electron chi connectivity index (χ3n) is 2.74. The standard InChI is InChI=1S/C7H14N2O.C6H6/c1-3-9(4-2-8-1)5-7-6-10-7;1-2-4-6-5-3-1/h7-8H,1-6H2;1-6H. The highest BCUT2D eigenvalue weighted by Gasteiger charge is 2.25. The summed E-state index contributed by atoms with van der Waals surface area (Å²) in [5.74, 6) is 0. The summed E-state index contributed by atoms with van der Waals surface area (Å²) in [5.41, 5.74) is 0. The molecule has 2 heterocycles. The number of benzene rings is 1. The number of ether oxygens (including phenoxy) is 1. The predicted octanol–water partition coefficient (Wildman–Crippen LogP) is 0.977. The van der Waals surface area contributed by atoms with Crippen LogP contribution in [0.3, 0.4) is 0 Å². The van der Waals surface area contributed by atoms with Crippen molar-refractivity contribution in [1.82, 2.24) is 10.2 Å². The summed E-state index contributed by atoms with van der Waals surface area (Å²) in [6.45, 7) is 6.82. The van der Waals surface area contributed by atoms with Crippen LogP contribution in [0.4, 0.5) is 0 Å². The Morgan fingerprint density at radius 3 is 1.94 bits per heavy atom. The minimum absolute atomic E-state index is 0.568. The Hall–Kier alpha value is -0.900. The van der Waals surface area contributed by atoms with Crippen LogP contribution in [0.15, 0.2) is 36.4 Å². The molecule has 2 aliphatic rings. The van der Waals surface area contributed by atoms with E-state index in [0.29, 0.717) is 6.10 Å². The molecule has 1 aromatic carbocycles. The van der Waals surface area contributed by atoms with Crippen molar-refractivity contribution >= 4 is 0 Å². The van der Waals surface area contributed by atoms with Crippen LogP contribution in [-0.4, -0.2) is 50.3 Å². The summed E-state index contributed by atoms with van der Waals surface area (Å²) in [6, 6.07) is 12.0. The number of nitrogens with zero attached hydrogens (tertiary/aromatic N) is 1. The molecule has 1 N–H and O–H groups in total. The summed E-state index contributed by atoms with van der Waals surface area (Å²) in [4.78, 5) is 2.47. The van der Waals surface area contributed by atoms with E-state index < -0.39 is 0 Å². The van der Waals surface area contributed by atoms with Crippen molar-refractivity contribution in [2.24, 2.45) is 0 Å². The minimum atomic E-state index is 0.568. The van der Waals surface area contributed by atoms with Gasteiger partial charge in [-0.1, -0.05) is 36.4 Å². The molecule has 1 unspecified atom stereocenters. The molecule has 0 aliphatic carbocycles. The molecular weight excluding hydrogens is 200 g/mol. The Bertz CT molecular complexity index is 242. The number of hydrogen-bond donors (Lipinski definition) is 1. The van der Waals surface area contributed by atoms with Gasteiger partial charge in [0.05, 0.1) is 12.7 Å². The highest BCUT2D eigenvalue weighted by Crippen LogP contribution is 2.10. The van der Waals surface area contributed by atoms with Crippen molar-refractivity contribution in [1.29, 1.82) is 0 Å². The molecule has 2 aliphatic heterocycles. The average molecular weight is 220 g/mol. The van der Waals surface area contributed by atoms with Crippen molar-refractivity contribution in [3.05, 3.63) is 36.4 Å². The molecule has 0 spiro atoms. The first-order chi connectivity index (χ1) is 7.95. The zero-order chi connectivity index (χ0) is 11.1. The Kier molecular flexibility index (Phi) is 4.80. The van der Waals surface area contributed by atoms with E-state index in [2.05, 4.69) is 10.2 Å². The highest BCUT2D eigenvalue weighted by molar-refractivity contribution is 4.99. The van der Waals surface area contributed by atoms with Gasteiger partial charge in [-0.2, -0.15) is 0 Å². The van der Waals surface area contributed by atoms with Gasteiger partial charge >= 0.3 is 0 Å². The highest BCUT2D eigenvalue weighted by atomic mass is 16.6. The first-order valence-corrected chi connectivity index (χ1v) is 6.00. The zero-order valence-electron chi connectivity index (χ0n) is 9.64. The van der Waals surface area contributed by atoms with Crippen LogP contribution in [0.25, 0.3) is 0 Å². The SMILES string of the molecule is C1CN(CC2CO2)CCN1.c1ccccc1. The first kappa shape index (κ1) is 11.6. The van der Waals surface area contributed by atoms with Crippen molar-refractivity contribution in [3.8, 4) is 0 Å². The van der Waals surface area contributed by atoms with Gasteiger partial charge in [0.1, 0.15) is 0 Å². The quantitative estimate of drug-likeness (QED) is 0.753. The second-order valence-electron chi connectivity index (χ2n) is 4.16. The van der Waals surface area contributed by atoms with Crippen molar-refractivity contribution in [2.75, 3.05) is 39.3 Å². The van der Waals surface area contributed by atoms with Crippen molar-refractivity contribution < 1.29 is 4.74 Å². The first-order valence-electron chi connectivity index (χ1n) is 6.00. The van der Waals surface area contributed by atoms with Crippen LogP contribution in [-0.2, 0) is 4.74 Å². The molecule has 88 valence electrons. The Morgan fingerprint density at radius 2 is 1.50 bits per heavy atom. The molecule has 16 heavy (non-hydrogen) atoms. The van der Waals surface area contributed by atoms with E-state index in [1.165, 1.54) is 13.1 Å². The molecule has 2 saturated heterocycles. The Labute approximate surface area is 97.4 Å². The predicted molar refractivity (Wildman–Crippen MR) is 65.5 cm³/mol.